The first-order chi connectivity index (χ1) is 36.7. The monoisotopic (exact) mass is 1110 g/mol. The van der Waals surface area contributed by atoms with Gasteiger partial charge in [-0.1, -0.05) is 36.4 Å². The summed E-state index contributed by atoms with van der Waals surface area (Å²) in [6, 6.07) is 26.4. The van der Waals surface area contributed by atoms with E-state index in [-0.39, 0.29) is 24.1 Å². The molecule has 1 atom stereocenters. The van der Waals surface area contributed by atoms with E-state index in [2.05, 4.69) is 91.9 Å². The number of nitrogens with zero attached hydrogens (tertiary/aromatic N) is 9. The Balaban J connectivity index is 0.696. The van der Waals surface area contributed by atoms with Crippen LogP contribution in [0.3, 0.4) is 0 Å². The number of carbonyl (C=O) groups is 3. The second kappa shape index (κ2) is 21.8. The van der Waals surface area contributed by atoms with Crippen LogP contribution in [0.5, 0.6) is 5.75 Å². The predicted octanol–water partition coefficient (Wildman–Crippen LogP) is 8.31. The van der Waals surface area contributed by atoms with Crippen LogP contribution in [0.4, 0.5) is 34.5 Å². The predicted molar refractivity (Wildman–Crippen MR) is 303 cm³/mol. The minimum absolute atomic E-state index is 0.131. The molecule has 4 aromatic carbocycles. The van der Waals surface area contributed by atoms with Gasteiger partial charge in [0, 0.05) is 124 Å². The van der Waals surface area contributed by atoms with E-state index in [1.807, 2.05) is 72.7 Å². The molecule has 4 saturated heterocycles. The number of ether oxygens (including phenoxy) is 1. The van der Waals surface area contributed by atoms with Gasteiger partial charge in [0.25, 0.3) is 5.91 Å². The van der Waals surface area contributed by atoms with Crippen molar-refractivity contribution in [1.82, 2.24) is 39.8 Å². The van der Waals surface area contributed by atoms with E-state index in [0.29, 0.717) is 58.2 Å². The van der Waals surface area contributed by atoms with Crippen LogP contribution in [0.15, 0.2) is 102 Å². The number of nitrogens with one attached hydrogen (secondary N) is 3. The highest BCUT2D eigenvalue weighted by Gasteiger charge is 2.40. The number of piperazine rings is 1. The molecular weight excluding hydrogens is 1040 g/mol. The number of likely N-dealkylation sites (tertiary alicyclic amines) is 1. The lowest BCUT2D eigenvalue weighted by molar-refractivity contribution is -0.136. The highest BCUT2D eigenvalue weighted by atomic mass is 79.9. The van der Waals surface area contributed by atoms with Crippen molar-refractivity contribution in [2.24, 2.45) is 13.0 Å². The van der Waals surface area contributed by atoms with Crippen molar-refractivity contribution in [1.29, 1.82) is 0 Å². The molecule has 0 bridgehead atoms. The van der Waals surface area contributed by atoms with Crippen molar-refractivity contribution >= 4 is 80.6 Å². The maximum Gasteiger partial charge on any atom is 0.255 e. The number of halogens is 1. The normalized spacial score (nSPS) is 19.2. The van der Waals surface area contributed by atoms with Gasteiger partial charge in [-0.15, -0.1) is 0 Å². The average Bonchev–Trinajstić information content (AvgIpc) is 4.02. The molecule has 1 unspecified atom stereocenters. The minimum Gasteiger partial charge on any atom is -0.494 e. The van der Waals surface area contributed by atoms with Gasteiger partial charge >= 0.3 is 0 Å². The summed E-state index contributed by atoms with van der Waals surface area (Å²) >= 11 is 3.65. The number of anilines is 6. The Bertz CT molecular complexity index is 3200. The van der Waals surface area contributed by atoms with Gasteiger partial charge in [-0.2, -0.15) is 10.1 Å². The topological polar surface area (TPSA) is 173 Å². The molecule has 5 aliphatic rings. The summed E-state index contributed by atoms with van der Waals surface area (Å²) in [7, 11) is 0.923. The highest BCUT2D eigenvalue weighted by molar-refractivity contribution is 9.10. The van der Waals surface area contributed by atoms with E-state index >= 15 is 0 Å². The zero-order valence-corrected chi connectivity index (χ0v) is 46.2. The Labute approximate surface area is 452 Å². The molecule has 6 aromatic rings. The molecule has 76 heavy (non-hydrogen) atoms. The van der Waals surface area contributed by atoms with Crippen LogP contribution in [0.1, 0.15) is 54.4 Å². The highest BCUT2D eigenvalue weighted by Crippen LogP contribution is 2.43. The number of amides is 3. The second-order valence-corrected chi connectivity index (χ2v) is 25.3. The molecule has 0 radical (unpaired) electrons. The lowest BCUT2D eigenvalue weighted by Crippen LogP contribution is -2.52. The number of carbonyl (C=O) groups excluding carboxylic acids is 3. The average molecular weight is 1110 g/mol. The number of rotatable bonds is 14. The lowest BCUT2D eigenvalue weighted by Gasteiger charge is -2.44. The number of aromatic nitrogens is 4. The largest absolute Gasteiger partial charge is 0.494 e. The standard InChI is InChI=1S/C57H66BrN12O5P/c1-65-35-41(32-60-65)45-30-48(62-57-59-33-46(58)54(64-57)61-47-13-10-39(29-52(47)76(3,4)74)38-8-6-5-7-9-38)51(75-2)31-50(45)69-22-18-42(19-23-69)67-20-16-37(17-21-67)34-66-24-26-68(27-25-66)43-11-12-44-40(28-43)36-70(56(44)73)49-14-15-53(71)63-55(49)72/h5-13,28-33,35,37,42,49H,14-27,34,36H2,1-4H3,(H,63,71,72)(H2,59,61,62,64). The van der Waals surface area contributed by atoms with Crippen molar-refractivity contribution in [3.8, 4) is 28.0 Å². The molecule has 4 fully saturated rings. The first kappa shape index (κ1) is 51.5. The van der Waals surface area contributed by atoms with Gasteiger partial charge < -0.3 is 39.5 Å². The van der Waals surface area contributed by atoms with Gasteiger partial charge in [-0.3, -0.25) is 29.3 Å². The molecule has 0 spiro atoms. The third-order valence-electron chi connectivity index (χ3n) is 16.0. The third-order valence-corrected chi connectivity index (χ3v) is 18.1. The van der Waals surface area contributed by atoms with Gasteiger partial charge in [0.1, 0.15) is 24.8 Å². The quantitative estimate of drug-likeness (QED) is 0.0702. The lowest BCUT2D eigenvalue weighted by atomic mass is 9.92. The fourth-order valence-corrected chi connectivity index (χ4v) is 13.3. The van der Waals surface area contributed by atoms with Crippen LogP contribution >= 0.6 is 23.1 Å². The van der Waals surface area contributed by atoms with E-state index in [1.165, 1.54) is 12.8 Å². The van der Waals surface area contributed by atoms with E-state index < -0.39 is 13.2 Å². The summed E-state index contributed by atoms with van der Waals surface area (Å²) in [4.78, 5) is 59.0. The van der Waals surface area contributed by atoms with Crippen molar-refractivity contribution < 1.29 is 23.7 Å². The number of hydrogen-bond acceptors (Lipinski definition) is 14. The first-order valence-corrected chi connectivity index (χ1v) is 29.9. The number of fused-ring (bicyclic) bond motifs is 1. The molecule has 396 valence electrons. The second-order valence-electron chi connectivity index (χ2n) is 21.3. The van der Waals surface area contributed by atoms with Gasteiger partial charge in [0.15, 0.2) is 0 Å². The molecule has 11 rings (SSSR count). The number of benzene rings is 4. The van der Waals surface area contributed by atoms with Crippen LogP contribution < -0.4 is 35.8 Å². The minimum atomic E-state index is -2.70. The molecule has 0 aliphatic carbocycles. The Kier molecular flexibility index (Phi) is 14.8. The fourth-order valence-electron chi connectivity index (χ4n) is 11.8. The summed E-state index contributed by atoms with van der Waals surface area (Å²) in [6.07, 6.45) is 10.9. The van der Waals surface area contributed by atoms with Crippen molar-refractivity contribution in [3.05, 3.63) is 113 Å². The molecule has 2 aromatic heterocycles. The van der Waals surface area contributed by atoms with Crippen molar-refractivity contribution in [2.45, 2.75) is 57.2 Å². The summed E-state index contributed by atoms with van der Waals surface area (Å²) < 4.78 is 22.3. The van der Waals surface area contributed by atoms with Gasteiger partial charge in [0.05, 0.1) is 29.2 Å². The molecule has 17 nitrogen and oxygen atoms in total. The van der Waals surface area contributed by atoms with Crippen LogP contribution in [0, 0.1) is 5.92 Å². The fraction of sp³-hybridized carbons (Fsp3) is 0.404. The van der Waals surface area contributed by atoms with Gasteiger partial charge in [-0.25, -0.2) is 4.98 Å². The van der Waals surface area contributed by atoms with Crippen molar-refractivity contribution in [3.63, 3.8) is 0 Å². The third kappa shape index (κ3) is 11.0. The summed E-state index contributed by atoms with van der Waals surface area (Å²) in [5, 5.41) is 14.6. The Morgan fingerprint density at radius 3 is 2.26 bits per heavy atom. The summed E-state index contributed by atoms with van der Waals surface area (Å²) in [5.74, 6) is 1.47. The van der Waals surface area contributed by atoms with Crippen LogP contribution in [0.25, 0.3) is 22.3 Å². The molecule has 7 heterocycles. The molecule has 19 heteroatoms. The van der Waals surface area contributed by atoms with Gasteiger partial charge in [0.2, 0.25) is 17.8 Å². The number of methoxy groups -OCH3 is 1. The maximum atomic E-state index is 13.7. The zero-order valence-electron chi connectivity index (χ0n) is 43.7. The molecular formula is C57H66BrN12O5P. The number of aryl methyl sites for hydroxylation is 1. The molecule has 3 N–H and O–H groups in total. The first-order valence-electron chi connectivity index (χ1n) is 26.5. The summed E-state index contributed by atoms with van der Waals surface area (Å²) in [5.41, 5.74) is 9.36. The number of imide groups is 1. The Morgan fingerprint density at radius 2 is 1.55 bits per heavy atom. The number of hydrogen-bond donors (Lipinski definition) is 3. The van der Waals surface area contributed by atoms with Gasteiger partial charge in [-0.05, 0) is 133 Å². The van der Waals surface area contributed by atoms with Crippen molar-refractivity contribution in [2.75, 3.05) is 99.8 Å². The Hall–Kier alpha value is -6.59. The smallest absolute Gasteiger partial charge is 0.255 e. The van der Waals surface area contributed by atoms with E-state index in [1.54, 1.807) is 31.5 Å². The number of piperidine rings is 3. The van der Waals surface area contributed by atoms with E-state index in [9.17, 15) is 18.9 Å². The van der Waals surface area contributed by atoms with Crippen LogP contribution in [-0.2, 0) is 27.7 Å². The van der Waals surface area contributed by atoms with E-state index in [0.717, 1.165) is 122 Å². The molecule has 5 aliphatic heterocycles. The van der Waals surface area contributed by atoms with Crippen LogP contribution in [-0.4, -0.2) is 144 Å². The zero-order chi connectivity index (χ0) is 52.7. The maximum absolute atomic E-state index is 13.7. The molecule has 0 saturated carbocycles. The molecule has 3 amide bonds. The SMILES string of the molecule is COc1cc(N2CCC(N3CCC(CN4CCN(c5ccc6c(c5)CN(C5CCC(=O)NC5=O)C6=O)CC4)CC3)CC2)c(-c2cnn(C)c2)cc1Nc1ncc(Br)c(Nc2ccc(-c3ccccc3)cc2P(C)(C)=O)n1. The van der Waals surface area contributed by atoms with E-state index in [4.69, 9.17) is 9.72 Å². The Morgan fingerprint density at radius 1 is 0.776 bits per heavy atom. The summed E-state index contributed by atoms with van der Waals surface area (Å²) in [6.45, 7) is 13.1. The van der Waals surface area contributed by atoms with Crippen LogP contribution in [0.2, 0.25) is 0 Å².